The molecule has 0 amide bonds. The highest BCUT2D eigenvalue weighted by Crippen LogP contribution is 2.26. The van der Waals surface area contributed by atoms with Gasteiger partial charge in [0.15, 0.2) is 0 Å². The van der Waals surface area contributed by atoms with Gasteiger partial charge in [0.05, 0.1) is 12.8 Å². The quantitative estimate of drug-likeness (QED) is 0.918. The van der Waals surface area contributed by atoms with Crippen LogP contribution in [0.3, 0.4) is 0 Å². The monoisotopic (exact) mass is 287 g/mol. The van der Waals surface area contributed by atoms with Crippen LogP contribution >= 0.6 is 0 Å². The Kier molecular flexibility index (Phi) is 4.68. The highest BCUT2D eigenvalue weighted by molar-refractivity contribution is 5.39. The number of rotatable bonds is 5. The van der Waals surface area contributed by atoms with Gasteiger partial charge in [-0.2, -0.15) is 5.10 Å². The maximum absolute atomic E-state index is 5.47. The van der Waals surface area contributed by atoms with Crippen LogP contribution in [-0.4, -0.2) is 16.9 Å². The number of hydrogen-bond donors (Lipinski definition) is 1. The molecule has 0 fully saturated rings. The van der Waals surface area contributed by atoms with Crippen molar-refractivity contribution in [2.24, 2.45) is 7.05 Å². The molecule has 1 aromatic carbocycles. The summed E-state index contributed by atoms with van der Waals surface area (Å²) in [5.41, 5.74) is 6.01. The van der Waals surface area contributed by atoms with Crippen LogP contribution in [-0.2, 0) is 13.6 Å². The predicted molar refractivity (Wildman–Crippen MR) is 85.7 cm³/mol. The fraction of sp³-hybridized carbons (Fsp3) is 0.471. The molecule has 4 nitrogen and oxygen atoms in total. The molecular formula is C17H25N3O. The average molecular weight is 287 g/mol. The number of ether oxygens (including phenoxy) is 1. The highest BCUT2D eigenvalue weighted by Gasteiger charge is 2.14. The Balaban J connectivity index is 2.15. The average Bonchev–Trinajstić information content (AvgIpc) is 2.70. The van der Waals surface area contributed by atoms with Crippen LogP contribution in [0.2, 0.25) is 0 Å². The van der Waals surface area contributed by atoms with Gasteiger partial charge in [-0.05, 0) is 33.8 Å². The molecule has 0 radical (unpaired) electrons. The van der Waals surface area contributed by atoms with Crippen LogP contribution in [0.4, 0.5) is 0 Å². The molecule has 0 aliphatic heterocycles. The van der Waals surface area contributed by atoms with Gasteiger partial charge >= 0.3 is 0 Å². The minimum Gasteiger partial charge on any atom is -0.496 e. The van der Waals surface area contributed by atoms with Gasteiger partial charge in [0, 0.05) is 36.5 Å². The summed E-state index contributed by atoms with van der Waals surface area (Å²) in [7, 11) is 3.70. The van der Waals surface area contributed by atoms with Gasteiger partial charge in [-0.3, -0.25) is 4.68 Å². The van der Waals surface area contributed by atoms with E-state index in [1.165, 1.54) is 22.4 Å². The third-order valence-electron chi connectivity index (χ3n) is 4.10. The van der Waals surface area contributed by atoms with E-state index in [1.54, 1.807) is 7.11 Å². The summed E-state index contributed by atoms with van der Waals surface area (Å²) < 4.78 is 7.40. The molecule has 0 aliphatic rings. The van der Waals surface area contributed by atoms with E-state index < -0.39 is 0 Å². The molecule has 2 aromatic rings. The first-order chi connectivity index (χ1) is 9.93. The van der Waals surface area contributed by atoms with Gasteiger partial charge in [0.25, 0.3) is 0 Å². The molecule has 21 heavy (non-hydrogen) atoms. The molecule has 1 N–H and O–H groups in total. The van der Waals surface area contributed by atoms with Crippen molar-refractivity contribution in [2.45, 2.75) is 40.3 Å². The number of nitrogens with zero attached hydrogens (tertiary/aromatic N) is 2. The van der Waals surface area contributed by atoms with E-state index in [-0.39, 0.29) is 6.04 Å². The molecule has 1 unspecified atom stereocenters. The summed E-state index contributed by atoms with van der Waals surface area (Å²) >= 11 is 0. The van der Waals surface area contributed by atoms with Crippen LogP contribution < -0.4 is 10.1 Å². The zero-order valence-electron chi connectivity index (χ0n) is 13.8. The molecule has 0 aliphatic carbocycles. The lowest BCUT2D eigenvalue weighted by Crippen LogP contribution is -2.19. The Hall–Kier alpha value is -1.81. The van der Waals surface area contributed by atoms with E-state index in [9.17, 15) is 0 Å². The fourth-order valence-corrected chi connectivity index (χ4v) is 2.63. The minimum atomic E-state index is 0.221. The SMILES string of the molecule is COc1ccc(C)cc1C(C)NCc1c(C)nn(C)c1C. The Morgan fingerprint density at radius 3 is 2.57 bits per heavy atom. The van der Waals surface area contributed by atoms with Crippen molar-refractivity contribution >= 4 is 0 Å². The smallest absolute Gasteiger partial charge is 0.123 e. The van der Waals surface area contributed by atoms with Crippen LogP contribution in [0.25, 0.3) is 0 Å². The number of aromatic nitrogens is 2. The molecule has 0 bridgehead atoms. The number of nitrogens with one attached hydrogen (secondary N) is 1. The van der Waals surface area contributed by atoms with Crippen LogP contribution in [0.5, 0.6) is 5.75 Å². The summed E-state index contributed by atoms with van der Waals surface area (Å²) in [6.45, 7) is 9.24. The third-order valence-corrected chi connectivity index (χ3v) is 4.10. The maximum atomic E-state index is 5.47. The maximum Gasteiger partial charge on any atom is 0.123 e. The van der Waals surface area contributed by atoms with Crippen molar-refractivity contribution in [1.82, 2.24) is 15.1 Å². The zero-order valence-corrected chi connectivity index (χ0v) is 13.8. The second-order valence-corrected chi connectivity index (χ2v) is 5.62. The van der Waals surface area contributed by atoms with E-state index in [4.69, 9.17) is 4.74 Å². The van der Waals surface area contributed by atoms with Gasteiger partial charge < -0.3 is 10.1 Å². The van der Waals surface area contributed by atoms with E-state index in [2.05, 4.69) is 50.2 Å². The lowest BCUT2D eigenvalue weighted by atomic mass is 10.0. The molecule has 0 spiro atoms. The van der Waals surface area contributed by atoms with Crippen molar-refractivity contribution in [1.29, 1.82) is 0 Å². The van der Waals surface area contributed by atoms with Gasteiger partial charge in [-0.15, -0.1) is 0 Å². The topological polar surface area (TPSA) is 39.1 Å². The normalized spacial score (nSPS) is 12.5. The Morgan fingerprint density at radius 1 is 1.29 bits per heavy atom. The lowest BCUT2D eigenvalue weighted by Gasteiger charge is -2.18. The van der Waals surface area contributed by atoms with E-state index in [0.717, 1.165) is 18.0 Å². The predicted octanol–water partition coefficient (Wildman–Crippen LogP) is 3.20. The summed E-state index contributed by atoms with van der Waals surface area (Å²) in [6.07, 6.45) is 0. The van der Waals surface area contributed by atoms with Crippen LogP contribution in [0.15, 0.2) is 18.2 Å². The first-order valence-electron chi connectivity index (χ1n) is 7.31. The van der Waals surface area contributed by atoms with Gasteiger partial charge in [0.1, 0.15) is 5.75 Å². The van der Waals surface area contributed by atoms with Crippen molar-refractivity contribution in [3.63, 3.8) is 0 Å². The second-order valence-electron chi connectivity index (χ2n) is 5.62. The van der Waals surface area contributed by atoms with Crippen molar-refractivity contribution in [3.05, 3.63) is 46.3 Å². The molecule has 1 aromatic heterocycles. The first kappa shape index (κ1) is 15.6. The summed E-state index contributed by atoms with van der Waals surface area (Å²) in [4.78, 5) is 0. The van der Waals surface area contributed by atoms with Gasteiger partial charge in [-0.25, -0.2) is 0 Å². The first-order valence-corrected chi connectivity index (χ1v) is 7.31. The van der Waals surface area contributed by atoms with E-state index >= 15 is 0 Å². The lowest BCUT2D eigenvalue weighted by molar-refractivity contribution is 0.401. The molecule has 1 heterocycles. The zero-order chi connectivity index (χ0) is 15.6. The van der Waals surface area contributed by atoms with E-state index in [0.29, 0.717) is 0 Å². The molecule has 0 saturated carbocycles. The summed E-state index contributed by atoms with van der Waals surface area (Å²) in [5.74, 6) is 0.931. The number of hydrogen-bond acceptors (Lipinski definition) is 3. The number of aryl methyl sites for hydroxylation is 3. The van der Waals surface area contributed by atoms with Crippen LogP contribution in [0.1, 0.15) is 41.0 Å². The second kappa shape index (κ2) is 6.31. The Labute approximate surface area is 127 Å². The third kappa shape index (κ3) is 3.27. The molecule has 1 atom stereocenters. The summed E-state index contributed by atoms with van der Waals surface area (Å²) in [6, 6.07) is 6.51. The van der Waals surface area contributed by atoms with Crippen LogP contribution in [0, 0.1) is 20.8 Å². The highest BCUT2D eigenvalue weighted by atomic mass is 16.5. The Morgan fingerprint density at radius 2 is 2.00 bits per heavy atom. The van der Waals surface area contributed by atoms with Gasteiger partial charge in [0.2, 0.25) is 0 Å². The number of methoxy groups -OCH3 is 1. The molecule has 114 valence electrons. The van der Waals surface area contributed by atoms with Crippen molar-refractivity contribution in [2.75, 3.05) is 7.11 Å². The summed E-state index contributed by atoms with van der Waals surface area (Å²) in [5, 5.41) is 8.04. The van der Waals surface area contributed by atoms with E-state index in [1.807, 2.05) is 17.8 Å². The minimum absolute atomic E-state index is 0.221. The largest absolute Gasteiger partial charge is 0.496 e. The molecule has 2 rings (SSSR count). The molecule has 0 saturated heterocycles. The van der Waals surface area contributed by atoms with Crippen molar-refractivity contribution in [3.8, 4) is 5.75 Å². The molecule has 4 heteroatoms. The fourth-order valence-electron chi connectivity index (χ4n) is 2.63. The number of benzene rings is 1. The standard InChI is InChI=1S/C17H25N3O/c1-11-7-8-17(21-6)15(9-11)12(2)18-10-16-13(3)19-20(5)14(16)4/h7-9,12,18H,10H2,1-6H3. The Bertz CT molecular complexity index is 631. The van der Waals surface area contributed by atoms with Gasteiger partial charge in [-0.1, -0.05) is 17.7 Å². The van der Waals surface area contributed by atoms with Crippen molar-refractivity contribution < 1.29 is 4.74 Å². The molecular weight excluding hydrogens is 262 g/mol.